The van der Waals surface area contributed by atoms with Crippen molar-refractivity contribution in [3.8, 4) is 11.1 Å². The van der Waals surface area contributed by atoms with Crippen molar-refractivity contribution in [1.29, 1.82) is 0 Å². The first kappa shape index (κ1) is 20.3. The SMILES string of the molecule is O=S(=O)(Nc1cccc(N2CCc3ccccc32)c1)c1ccc(-c2ccc(F)cc2)cc1. The molecule has 0 unspecified atom stereocenters. The lowest BCUT2D eigenvalue weighted by Crippen LogP contribution is -2.15. The molecule has 1 aliphatic rings. The normalized spacial score (nSPS) is 13.1. The number of anilines is 3. The molecule has 5 rings (SSSR count). The van der Waals surface area contributed by atoms with E-state index >= 15 is 0 Å². The topological polar surface area (TPSA) is 49.4 Å². The molecule has 0 amide bonds. The Hall–Kier alpha value is -3.64. The summed E-state index contributed by atoms with van der Waals surface area (Å²) in [4.78, 5) is 2.37. The predicted octanol–water partition coefficient (Wildman–Crippen LogP) is 5.99. The molecule has 1 aliphatic heterocycles. The van der Waals surface area contributed by atoms with Crippen molar-refractivity contribution in [2.75, 3.05) is 16.2 Å². The zero-order chi connectivity index (χ0) is 22.1. The summed E-state index contributed by atoms with van der Waals surface area (Å²) < 4.78 is 41.7. The number of sulfonamides is 1. The summed E-state index contributed by atoms with van der Waals surface area (Å²) in [6.07, 6.45) is 0.965. The molecule has 0 spiro atoms. The first-order valence-electron chi connectivity index (χ1n) is 10.3. The second-order valence-corrected chi connectivity index (χ2v) is 9.40. The Morgan fingerprint density at radius 3 is 2.22 bits per heavy atom. The first-order valence-corrected chi connectivity index (χ1v) is 11.8. The minimum Gasteiger partial charge on any atom is -0.341 e. The van der Waals surface area contributed by atoms with Gasteiger partial charge in [-0.25, -0.2) is 12.8 Å². The Kier molecular flexibility index (Phi) is 5.15. The van der Waals surface area contributed by atoms with Crippen LogP contribution in [0, 0.1) is 5.82 Å². The molecule has 0 aliphatic carbocycles. The van der Waals surface area contributed by atoms with Gasteiger partial charge < -0.3 is 4.90 Å². The Morgan fingerprint density at radius 2 is 1.47 bits per heavy atom. The summed E-state index contributed by atoms with van der Waals surface area (Å²) in [6.45, 7) is 0.862. The van der Waals surface area contributed by atoms with Crippen molar-refractivity contribution in [3.63, 3.8) is 0 Å². The van der Waals surface area contributed by atoms with Gasteiger partial charge in [-0.3, -0.25) is 4.72 Å². The fourth-order valence-corrected chi connectivity index (χ4v) is 5.08. The van der Waals surface area contributed by atoms with Crippen molar-refractivity contribution in [2.24, 2.45) is 0 Å². The molecule has 0 aromatic heterocycles. The van der Waals surface area contributed by atoms with Crippen LogP contribution in [0.2, 0.25) is 0 Å². The van der Waals surface area contributed by atoms with E-state index in [0.29, 0.717) is 5.69 Å². The van der Waals surface area contributed by atoms with Crippen LogP contribution < -0.4 is 9.62 Å². The summed E-state index contributed by atoms with van der Waals surface area (Å²) in [5.41, 5.74) is 5.54. The van der Waals surface area contributed by atoms with Gasteiger partial charge >= 0.3 is 0 Å². The maximum Gasteiger partial charge on any atom is 0.261 e. The smallest absolute Gasteiger partial charge is 0.261 e. The fraction of sp³-hybridized carbons (Fsp3) is 0.0769. The van der Waals surface area contributed by atoms with Gasteiger partial charge in [0.05, 0.1) is 10.6 Å². The molecule has 4 nitrogen and oxygen atoms in total. The number of benzene rings is 4. The molecule has 0 radical (unpaired) electrons. The number of hydrogen-bond acceptors (Lipinski definition) is 3. The molecule has 0 fully saturated rings. The second kappa shape index (κ2) is 8.13. The van der Waals surface area contributed by atoms with E-state index < -0.39 is 10.0 Å². The molecule has 6 heteroatoms. The zero-order valence-electron chi connectivity index (χ0n) is 17.2. The summed E-state index contributed by atoms with van der Waals surface area (Å²) >= 11 is 0. The molecule has 1 N–H and O–H groups in total. The Balaban J connectivity index is 1.37. The van der Waals surface area contributed by atoms with Gasteiger partial charge in [-0.05, 0) is 71.6 Å². The zero-order valence-corrected chi connectivity index (χ0v) is 18.0. The number of nitrogens with one attached hydrogen (secondary N) is 1. The number of rotatable bonds is 5. The van der Waals surface area contributed by atoms with Gasteiger partial charge in [0.15, 0.2) is 0 Å². The minimum absolute atomic E-state index is 0.167. The largest absolute Gasteiger partial charge is 0.341 e. The summed E-state index contributed by atoms with van der Waals surface area (Å²) in [5, 5.41) is 0. The lowest BCUT2D eigenvalue weighted by molar-refractivity contribution is 0.601. The lowest BCUT2D eigenvalue weighted by Gasteiger charge is -2.20. The number of para-hydroxylation sites is 1. The molecule has 4 aromatic carbocycles. The average Bonchev–Trinajstić information content (AvgIpc) is 3.24. The third-order valence-electron chi connectivity index (χ3n) is 5.64. The molecule has 4 aromatic rings. The van der Waals surface area contributed by atoms with Crippen LogP contribution in [0.3, 0.4) is 0 Å². The van der Waals surface area contributed by atoms with Crippen molar-refractivity contribution >= 4 is 27.1 Å². The second-order valence-electron chi connectivity index (χ2n) is 7.72. The van der Waals surface area contributed by atoms with Crippen LogP contribution in [-0.2, 0) is 16.4 Å². The highest BCUT2D eigenvalue weighted by Gasteiger charge is 2.21. The van der Waals surface area contributed by atoms with E-state index in [2.05, 4.69) is 21.8 Å². The highest BCUT2D eigenvalue weighted by atomic mass is 32.2. The number of halogens is 1. The van der Waals surface area contributed by atoms with Crippen molar-refractivity contribution in [3.05, 3.63) is 108 Å². The van der Waals surface area contributed by atoms with Crippen LogP contribution in [0.15, 0.2) is 102 Å². The van der Waals surface area contributed by atoms with Crippen molar-refractivity contribution in [2.45, 2.75) is 11.3 Å². The molecule has 160 valence electrons. The van der Waals surface area contributed by atoms with Crippen LogP contribution in [0.5, 0.6) is 0 Å². The summed E-state index contributed by atoms with van der Waals surface area (Å²) in [6, 6.07) is 28.3. The van der Waals surface area contributed by atoms with E-state index in [9.17, 15) is 12.8 Å². The molecule has 0 saturated carbocycles. The van der Waals surface area contributed by atoms with Crippen molar-refractivity contribution < 1.29 is 12.8 Å². The monoisotopic (exact) mass is 444 g/mol. The summed E-state index contributed by atoms with van der Waals surface area (Å²) in [7, 11) is -3.75. The summed E-state index contributed by atoms with van der Waals surface area (Å²) in [5.74, 6) is -0.309. The van der Waals surface area contributed by atoms with Crippen LogP contribution in [0.1, 0.15) is 5.56 Å². The van der Waals surface area contributed by atoms with Gasteiger partial charge in [-0.1, -0.05) is 48.5 Å². The van der Waals surface area contributed by atoms with Gasteiger partial charge in [0.25, 0.3) is 10.0 Å². The lowest BCUT2D eigenvalue weighted by atomic mass is 10.1. The quantitative estimate of drug-likeness (QED) is 0.411. The maximum absolute atomic E-state index is 13.1. The maximum atomic E-state index is 13.1. The van der Waals surface area contributed by atoms with E-state index in [0.717, 1.165) is 35.5 Å². The number of fused-ring (bicyclic) bond motifs is 1. The Bertz CT molecular complexity index is 1370. The molecule has 0 bridgehead atoms. The Labute approximate surface area is 187 Å². The van der Waals surface area contributed by atoms with E-state index in [1.54, 1.807) is 42.5 Å². The number of hydrogen-bond donors (Lipinski definition) is 1. The molecule has 0 atom stereocenters. The first-order chi connectivity index (χ1) is 15.5. The van der Waals surface area contributed by atoms with Gasteiger partial charge in [0, 0.05) is 17.9 Å². The van der Waals surface area contributed by atoms with E-state index in [4.69, 9.17) is 0 Å². The fourth-order valence-electron chi connectivity index (χ4n) is 4.03. The van der Waals surface area contributed by atoms with Crippen LogP contribution in [-0.4, -0.2) is 15.0 Å². The van der Waals surface area contributed by atoms with E-state index in [1.165, 1.54) is 17.7 Å². The third kappa shape index (κ3) is 3.97. The molecule has 32 heavy (non-hydrogen) atoms. The van der Waals surface area contributed by atoms with E-state index in [-0.39, 0.29) is 10.7 Å². The molecular formula is C26H21FN2O2S. The Morgan fingerprint density at radius 1 is 0.781 bits per heavy atom. The standard InChI is InChI=1S/C26H21FN2O2S/c27-22-12-8-19(9-13-22)20-10-14-25(15-11-20)32(30,31)28-23-5-3-6-24(18-23)29-17-16-21-4-1-2-7-26(21)29/h1-15,18,28H,16-17H2. The molecule has 0 saturated heterocycles. The minimum atomic E-state index is -3.75. The van der Waals surface area contributed by atoms with Crippen LogP contribution >= 0.6 is 0 Å². The van der Waals surface area contributed by atoms with Crippen LogP contribution in [0.25, 0.3) is 11.1 Å². The van der Waals surface area contributed by atoms with E-state index in [1.807, 2.05) is 30.3 Å². The molecular weight excluding hydrogens is 423 g/mol. The van der Waals surface area contributed by atoms with Gasteiger partial charge in [0.2, 0.25) is 0 Å². The average molecular weight is 445 g/mol. The van der Waals surface area contributed by atoms with Gasteiger partial charge in [-0.15, -0.1) is 0 Å². The third-order valence-corrected chi connectivity index (χ3v) is 7.04. The predicted molar refractivity (Wildman–Crippen MR) is 126 cm³/mol. The highest BCUT2D eigenvalue weighted by molar-refractivity contribution is 7.92. The van der Waals surface area contributed by atoms with Crippen LogP contribution in [0.4, 0.5) is 21.5 Å². The number of nitrogens with zero attached hydrogens (tertiary/aromatic N) is 1. The highest BCUT2D eigenvalue weighted by Crippen LogP contribution is 2.35. The van der Waals surface area contributed by atoms with Gasteiger partial charge in [0.1, 0.15) is 5.82 Å². The van der Waals surface area contributed by atoms with Gasteiger partial charge in [-0.2, -0.15) is 0 Å². The molecule has 1 heterocycles. The van der Waals surface area contributed by atoms with Crippen molar-refractivity contribution in [1.82, 2.24) is 0 Å².